The Kier molecular flexibility index (Phi) is 3.98. The highest BCUT2D eigenvalue weighted by Gasteiger charge is 2.35. The highest BCUT2D eigenvalue weighted by atomic mass is 16.4. The lowest BCUT2D eigenvalue weighted by molar-refractivity contribution is -0.132. The first-order valence-corrected chi connectivity index (χ1v) is 6.97. The van der Waals surface area contributed by atoms with Gasteiger partial charge >= 0.3 is 5.97 Å². The first-order valence-electron chi connectivity index (χ1n) is 6.97. The Morgan fingerprint density at radius 3 is 2.50 bits per heavy atom. The van der Waals surface area contributed by atoms with Crippen LogP contribution in [-0.2, 0) is 10.3 Å². The topological polar surface area (TPSA) is 40.5 Å². The molecule has 1 N–H and O–H groups in total. The summed E-state index contributed by atoms with van der Waals surface area (Å²) in [6.07, 6.45) is 4.70. The van der Waals surface area contributed by atoms with E-state index < -0.39 is 5.97 Å². The Hall–Kier alpha value is -2.03. The summed E-state index contributed by atoms with van der Waals surface area (Å²) < 4.78 is 0. The number of carbonyl (C=O) groups is 1. The second kappa shape index (κ2) is 5.53. The molecule has 1 aromatic rings. The summed E-state index contributed by atoms with van der Waals surface area (Å²) in [7, 11) is 0. The van der Waals surface area contributed by atoms with Gasteiger partial charge in [0.2, 0.25) is 0 Å². The third kappa shape index (κ3) is 2.36. The predicted molar refractivity (Wildman–Crippen MR) is 80.3 cm³/mol. The van der Waals surface area contributed by atoms with Crippen LogP contribution >= 0.6 is 0 Å². The molecule has 0 radical (unpaired) electrons. The van der Waals surface area contributed by atoms with Crippen LogP contribution in [0.1, 0.15) is 32.8 Å². The number of hydrogen-bond donors (Lipinski definition) is 1. The Morgan fingerprint density at radius 2 is 1.95 bits per heavy atom. The van der Waals surface area contributed by atoms with Crippen LogP contribution in [0.3, 0.4) is 0 Å². The number of benzene rings is 1. The van der Waals surface area contributed by atoms with Crippen LogP contribution in [0, 0.1) is 0 Å². The third-order valence-corrected chi connectivity index (χ3v) is 3.97. The van der Waals surface area contributed by atoms with Crippen molar-refractivity contribution in [2.45, 2.75) is 32.7 Å². The third-order valence-electron chi connectivity index (χ3n) is 3.97. The Morgan fingerprint density at radius 1 is 1.30 bits per heavy atom. The van der Waals surface area contributed by atoms with Gasteiger partial charge in [0.15, 0.2) is 0 Å². The molecule has 3 heteroatoms. The number of allylic oxidation sites excluding steroid dienone is 1. The van der Waals surface area contributed by atoms with Gasteiger partial charge in [-0.05, 0) is 31.9 Å². The normalized spacial score (nSPS) is 22.2. The molecular formula is C17H21NO2. The number of nitrogens with zero attached hydrogens (tertiary/aromatic N) is 1. The standard InChI is InChI=1S/C17H21NO2/c1-4-12-18-13(2)15(16(19)20)10-11-17(18,3)14-8-6-5-7-9-14/h5-11H,4,12H2,1-3H3,(H,19,20). The second-order valence-corrected chi connectivity index (χ2v) is 5.30. The van der Waals surface area contributed by atoms with E-state index in [0.29, 0.717) is 5.57 Å². The largest absolute Gasteiger partial charge is 0.478 e. The first kappa shape index (κ1) is 14.4. The molecule has 0 bridgehead atoms. The van der Waals surface area contributed by atoms with Crippen LogP contribution in [0.15, 0.2) is 53.8 Å². The lowest BCUT2D eigenvalue weighted by Crippen LogP contribution is -2.44. The van der Waals surface area contributed by atoms with Gasteiger partial charge < -0.3 is 10.0 Å². The lowest BCUT2D eigenvalue weighted by atomic mass is 9.85. The molecule has 0 saturated carbocycles. The summed E-state index contributed by atoms with van der Waals surface area (Å²) in [6.45, 7) is 6.97. The van der Waals surface area contributed by atoms with Crippen molar-refractivity contribution in [3.63, 3.8) is 0 Å². The van der Waals surface area contributed by atoms with Crippen molar-refractivity contribution in [3.05, 3.63) is 59.3 Å². The SMILES string of the molecule is CCCN1C(C)=C(C(=O)O)C=CC1(C)c1ccccc1. The van der Waals surface area contributed by atoms with Crippen LogP contribution in [0.25, 0.3) is 0 Å². The smallest absolute Gasteiger partial charge is 0.337 e. The van der Waals surface area contributed by atoms with Crippen LogP contribution in [0.5, 0.6) is 0 Å². The Balaban J connectivity index is 2.51. The Bertz CT molecular complexity index is 560. The van der Waals surface area contributed by atoms with E-state index in [2.05, 4.69) is 30.9 Å². The minimum Gasteiger partial charge on any atom is -0.478 e. The minimum atomic E-state index is -0.866. The fraction of sp³-hybridized carbons (Fsp3) is 0.353. The number of aliphatic carboxylic acids is 1. The molecule has 0 saturated heterocycles. The van der Waals surface area contributed by atoms with E-state index in [4.69, 9.17) is 0 Å². The summed E-state index contributed by atoms with van der Waals surface area (Å²) >= 11 is 0. The molecule has 1 aliphatic rings. The number of hydrogen-bond acceptors (Lipinski definition) is 2. The predicted octanol–water partition coefficient (Wildman–Crippen LogP) is 3.54. The molecule has 0 fully saturated rings. The number of carboxylic acid groups (broad SMARTS) is 1. The van der Waals surface area contributed by atoms with Gasteiger partial charge in [-0.25, -0.2) is 4.79 Å². The van der Waals surface area contributed by atoms with E-state index in [1.807, 2.05) is 31.2 Å². The van der Waals surface area contributed by atoms with E-state index in [0.717, 1.165) is 18.7 Å². The van der Waals surface area contributed by atoms with E-state index >= 15 is 0 Å². The molecule has 3 nitrogen and oxygen atoms in total. The maximum Gasteiger partial charge on any atom is 0.337 e. The van der Waals surface area contributed by atoms with E-state index in [1.54, 1.807) is 6.08 Å². The lowest BCUT2D eigenvalue weighted by Gasteiger charge is -2.44. The van der Waals surface area contributed by atoms with Gasteiger partial charge in [0, 0.05) is 12.2 Å². The molecule has 2 rings (SSSR count). The summed E-state index contributed by atoms with van der Waals surface area (Å²) in [5, 5.41) is 9.30. The summed E-state index contributed by atoms with van der Waals surface area (Å²) in [4.78, 5) is 13.5. The van der Waals surface area contributed by atoms with Crippen LogP contribution in [-0.4, -0.2) is 22.5 Å². The molecule has 20 heavy (non-hydrogen) atoms. The molecule has 0 spiro atoms. The van der Waals surface area contributed by atoms with E-state index in [-0.39, 0.29) is 5.54 Å². The van der Waals surface area contributed by atoms with Gasteiger partial charge in [-0.2, -0.15) is 0 Å². The van der Waals surface area contributed by atoms with Crippen molar-refractivity contribution in [1.82, 2.24) is 4.90 Å². The summed E-state index contributed by atoms with van der Waals surface area (Å²) in [6, 6.07) is 10.2. The fourth-order valence-electron chi connectivity index (χ4n) is 2.83. The average Bonchev–Trinajstić information content (AvgIpc) is 2.44. The highest BCUT2D eigenvalue weighted by Crippen LogP contribution is 2.37. The zero-order valence-electron chi connectivity index (χ0n) is 12.3. The van der Waals surface area contributed by atoms with Crippen molar-refractivity contribution in [2.75, 3.05) is 6.54 Å². The average molecular weight is 271 g/mol. The summed E-state index contributed by atoms with van der Waals surface area (Å²) in [5.41, 5.74) is 2.09. The molecule has 1 atom stereocenters. The molecule has 0 aliphatic carbocycles. The van der Waals surface area contributed by atoms with Gasteiger partial charge in [0.25, 0.3) is 0 Å². The quantitative estimate of drug-likeness (QED) is 0.910. The molecular weight excluding hydrogens is 250 g/mol. The zero-order chi connectivity index (χ0) is 14.8. The van der Waals surface area contributed by atoms with Crippen molar-refractivity contribution in [3.8, 4) is 0 Å². The Labute approximate surface area is 120 Å². The molecule has 1 aliphatic heterocycles. The molecule has 1 aromatic carbocycles. The van der Waals surface area contributed by atoms with Crippen molar-refractivity contribution >= 4 is 5.97 Å². The molecule has 0 aromatic heterocycles. The van der Waals surface area contributed by atoms with Crippen molar-refractivity contribution < 1.29 is 9.90 Å². The summed E-state index contributed by atoms with van der Waals surface area (Å²) in [5.74, 6) is -0.866. The van der Waals surface area contributed by atoms with E-state index in [1.165, 1.54) is 5.56 Å². The molecule has 1 unspecified atom stereocenters. The monoisotopic (exact) mass is 271 g/mol. The molecule has 1 heterocycles. The van der Waals surface area contributed by atoms with Crippen LogP contribution in [0.4, 0.5) is 0 Å². The molecule has 106 valence electrons. The van der Waals surface area contributed by atoms with Crippen molar-refractivity contribution in [1.29, 1.82) is 0 Å². The van der Waals surface area contributed by atoms with E-state index in [9.17, 15) is 9.90 Å². The van der Waals surface area contributed by atoms with Gasteiger partial charge in [-0.15, -0.1) is 0 Å². The maximum atomic E-state index is 11.3. The second-order valence-electron chi connectivity index (χ2n) is 5.30. The van der Waals surface area contributed by atoms with Crippen LogP contribution in [0.2, 0.25) is 0 Å². The minimum absolute atomic E-state index is 0.291. The van der Waals surface area contributed by atoms with Crippen molar-refractivity contribution in [2.24, 2.45) is 0 Å². The van der Waals surface area contributed by atoms with Gasteiger partial charge in [-0.1, -0.05) is 43.3 Å². The molecule has 0 amide bonds. The first-order chi connectivity index (χ1) is 9.50. The highest BCUT2D eigenvalue weighted by molar-refractivity contribution is 5.91. The maximum absolute atomic E-state index is 11.3. The van der Waals surface area contributed by atoms with Gasteiger partial charge in [0.1, 0.15) is 0 Å². The van der Waals surface area contributed by atoms with Gasteiger partial charge in [0.05, 0.1) is 11.1 Å². The fourth-order valence-corrected chi connectivity index (χ4v) is 2.83. The van der Waals surface area contributed by atoms with Crippen LogP contribution < -0.4 is 0 Å². The number of rotatable bonds is 4. The number of carboxylic acids is 1. The van der Waals surface area contributed by atoms with Gasteiger partial charge in [-0.3, -0.25) is 0 Å². The zero-order valence-corrected chi connectivity index (χ0v) is 12.3.